The van der Waals surface area contributed by atoms with E-state index in [-0.39, 0.29) is 16.6 Å². The summed E-state index contributed by atoms with van der Waals surface area (Å²) in [6.45, 7) is 2.76. The van der Waals surface area contributed by atoms with Gasteiger partial charge in [-0.05, 0) is 47.9 Å². The Labute approximate surface area is 203 Å². The number of hydrogen-bond donors (Lipinski definition) is 2. The van der Waals surface area contributed by atoms with Crippen molar-refractivity contribution >= 4 is 33.4 Å². The van der Waals surface area contributed by atoms with E-state index < -0.39 is 10.0 Å². The van der Waals surface area contributed by atoms with Crippen LogP contribution in [0.15, 0.2) is 95.1 Å². The van der Waals surface area contributed by atoms with Crippen molar-refractivity contribution in [3.8, 4) is 22.4 Å². The lowest BCUT2D eigenvalue weighted by Gasteiger charge is -2.10. The van der Waals surface area contributed by atoms with Crippen LogP contribution in [0.1, 0.15) is 6.92 Å². The maximum atomic E-state index is 12.4. The molecule has 0 bridgehead atoms. The van der Waals surface area contributed by atoms with Crippen LogP contribution in [0.5, 0.6) is 0 Å². The molecule has 3 N–H and O–H groups in total. The first-order valence-corrected chi connectivity index (χ1v) is 13.2. The molecule has 0 spiro atoms. The van der Waals surface area contributed by atoms with Crippen LogP contribution in [-0.2, 0) is 21.4 Å². The van der Waals surface area contributed by atoms with Crippen molar-refractivity contribution < 1.29 is 13.2 Å². The maximum Gasteiger partial charge on any atom is 0.238 e. The number of nitrogens with zero attached hydrogens (tertiary/aromatic N) is 2. The van der Waals surface area contributed by atoms with E-state index in [2.05, 4.69) is 51.3 Å². The van der Waals surface area contributed by atoms with Crippen LogP contribution in [-0.4, -0.2) is 29.6 Å². The van der Waals surface area contributed by atoms with Crippen molar-refractivity contribution in [2.45, 2.75) is 23.5 Å². The van der Waals surface area contributed by atoms with Crippen LogP contribution in [0.2, 0.25) is 0 Å². The quantitative estimate of drug-likeness (QED) is 0.349. The summed E-state index contributed by atoms with van der Waals surface area (Å²) in [5.74, 6) is -0.0480. The monoisotopic (exact) mass is 492 g/mol. The summed E-state index contributed by atoms with van der Waals surface area (Å²) in [6, 6.07) is 24.3. The molecule has 3 aromatic carbocycles. The highest BCUT2D eigenvalue weighted by atomic mass is 32.2. The number of thioether (sulfide) groups is 1. The van der Waals surface area contributed by atoms with E-state index in [1.807, 2.05) is 31.3 Å². The summed E-state index contributed by atoms with van der Waals surface area (Å²) < 4.78 is 24.8. The number of sulfonamides is 1. The molecule has 0 aliphatic rings. The summed E-state index contributed by atoms with van der Waals surface area (Å²) in [5.41, 5.74) is 4.86. The minimum Gasteiger partial charge on any atom is -0.325 e. The third kappa shape index (κ3) is 5.56. The normalized spacial score (nSPS) is 11.4. The first-order chi connectivity index (χ1) is 16.3. The number of hydrogen-bond acceptors (Lipinski definition) is 5. The first kappa shape index (κ1) is 23.7. The lowest BCUT2D eigenvalue weighted by molar-refractivity contribution is -0.113. The zero-order chi connectivity index (χ0) is 24.1. The number of amides is 1. The molecule has 4 aromatic rings. The second-order valence-electron chi connectivity index (χ2n) is 7.52. The Hall–Kier alpha value is -3.40. The summed E-state index contributed by atoms with van der Waals surface area (Å²) in [6.07, 6.45) is 1.83. The van der Waals surface area contributed by atoms with Crippen molar-refractivity contribution in [3.05, 3.63) is 85.1 Å². The van der Waals surface area contributed by atoms with E-state index in [0.717, 1.165) is 28.5 Å². The lowest BCUT2D eigenvalue weighted by atomic mass is 10.0. The summed E-state index contributed by atoms with van der Waals surface area (Å²) >= 11 is 1.35. The number of carbonyl (C=O) groups excluding carboxylic acids is 1. The molecule has 7 nitrogen and oxygen atoms in total. The molecule has 0 saturated heterocycles. The first-order valence-electron chi connectivity index (χ1n) is 10.6. The summed E-state index contributed by atoms with van der Waals surface area (Å²) in [4.78, 5) is 16.9. The fraction of sp³-hybridized carbons (Fsp3) is 0.120. The average molecular weight is 493 g/mol. The molecule has 1 heterocycles. The van der Waals surface area contributed by atoms with E-state index in [0.29, 0.717) is 5.69 Å². The van der Waals surface area contributed by atoms with Gasteiger partial charge in [0.15, 0.2) is 5.16 Å². The van der Waals surface area contributed by atoms with Crippen molar-refractivity contribution in [3.63, 3.8) is 0 Å². The topological polar surface area (TPSA) is 107 Å². The number of rotatable bonds is 8. The van der Waals surface area contributed by atoms with Gasteiger partial charge in [0.1, 0.15) is 0 Å². The standard InChI is InChI=1S/C25H24N4O3S2/c1-2-29-23(20-10-8-19(9-11-20)18-6-4-3-5-7-18)16-27-25(29)33-17-24(30)28-21-12-14-22(15-13-21)34(26,31)32/h3-16H,2,17H2,1H3,(H,28,30)(H2,26,31,32). The number of nitrogens with one attached hydrogen (secondary N) is 1. The second kappa shape index (κ2) is 10.3. The summed E-state index contributed by atoms with van der Waals surface area (Å²) in [7, 11) is -3.77. The van der Waals surface area contributed by atoms with E-state index >= 15 is 0 Å². The SMILES string of the molecule is CCn1c(-c2ccc(-c3ccccc3)cc2)cnc1SCC(=O)Nc1ccc(S(N)(=O)=O)cc1. The van der Waals surface area contributed by atoms with Gasteiger partial charge >= 0.3 is 0 Å². The Kier molecular flexibility index (Phi) is 7.16. The van der Waals surface area contributed by atoms with Gasteiger partial charge in [-0.1, -0.05) is 66.4 Å². The highest BCUT2D eigenvalue weighted by Crippen LogP contribution is 2.28. The minimum absolute atomic E-state index is 0.00539. The van der Waals surface area contributed by atoms with Gasteiger partial charge in [-0.15, -0.1) is 0 Å². The van der Waals surface area contributed by atoms with Crippen LogP contribution in [0, 0.1) is 0 Å². The van der Waals surface area contributed by atoms with Gasteiger partial charge in [0.25, 0.3) is 0 Å². The Bertz CT molecular complexity index is 1380. The number of anilines is 1. The predicted molar refractivity (Wildman–Crippen MR) is 136 cm³/mol. The van der Waals surface area contributed by atoms with Crippen molar-refractivity contribution in [2.75, 3.05) is 11.1 Å². The number of carbonyl (C=O) groups is 1. The highest BCUT2D eigenvalue weighted by molar-refractivity contribution is 7.99. The van der Waals surface area contributed by atoms with E-state index in [1.54, 1.807) is 0 Å². The number of benzene rings is 3. The number of nitrogens with two attached hydrogens (primary N) is 1. The van der Waals surface area contributed by atoms with Crippen molar-refractivity contribution in [1.82, 2.24) is 9.55 Å². The number of primary sulfonamides is 1. The molecule has 1 amide bonds. The average Bonchev–Trinajstić information content (AvgIpc) is 3.26. The molecular formula is C25H24N4O3S2. The molecule has 0 aliphatic heterocycles. The highest BCUT2D eigenvalue weighted by Gasteiger charge is 2.14. The minimum atomic E-state index is -3.77. The molecule has 174 valence electrons. The Balaban J connectivity index is 1.42. The largest absolute Gasteiger partial charge is 0.325 e. The van der Waals surface area contributed by atoms with Gasteiger partial charge in [-0.3, -0.25) is 4.79 Å². The molecule has 0 saturated carbocycles. The molecule has 0 aliphatic carbocycles. The van der Waals surface area contributed by atoms with Crippen LogP contribution < -0.4 is 10.5 Å². The van der Waals surface area contributed by atoms with Gasteiger partial charge in [0.05, 0.1) is 22.5 Å². The molecule has 0 unspecified atom stereocenters. The molecule has 0 fully saturated rings. The maximum absolute atomic E-state index is 12.4. The Morgan fingerprint density at radius 3 is 2.18 bits per heavy atom. The van der Waals surface area contributed by atoms with Gasteiger partial charge < -0.3 is 9.88 Å². The van der Waals surface area contributed by atoms with Gasteiger partial charge in [0.2, 0.25) is 15.9 Å². The third-order valence-corrected chi connectivity index (χ3v) is 7.14. The van der Waals surface area contributed by atoms with Crippen LogP contribution >= 0.6 is 11.8 Å². The van der Waals surface area contributed by atoms with Crippen LogP contribution in [0.4, 0.5) is 5.69 Å². The zero-order valence-electron chi connectivity index (χ0n) is 18.5. The Morgan fingerprint density at radius 2 is 1.56 bits per heavy atom. The van der Waals surface area contributed by atoms with Gasteiger partial charge in [0, 0.05) is 12.2 Å². The smallest absolute Gasteiger partial charge is 0.238 e. The number of imidazole rings is 1. The van der Waals surface area contributed by atoms with Crippen LogP contribution in [0.25, 0.3) is 22.4 Å². The molecule has 0 radical (unpaired) electrons. The van der Waals surface area contributed by atoms with E-state index in [9.17, 15) is 13.2 Å². The molecule has 1 aromatic heterocycles. The zero-order valence-corrected chi connectivity index (χ0v) is 20.1. The van der Waals surface area contributed by atoms with Crippen molar-refractivity contribution in [1.29, 1.82) is 0 Å². The fourth-order valence-electron chi connectivity index (χ4n) is 3.53. The molecule has 9 heteroatoms. The van der Waals surface area contributed by atoms with Crippen LogP contribution in [0.3, 0.4) is 0 Å². The third-order valence-electron chi connectivity index (χ3n) is 5.22. The van der Waals surface area contributed by atoms with E-state index in [1.165, 1.54) is 41.6 Å². The fourth-order valence-corrected chi connectivity index (χ4v) is 4.89. The van der Waals surface area contributed by atoms with E-state index in [4.69, 9.17) is 5.14 Å². The predicted octanol–water partition coefficient (Wildman–Crippen LogP) is 4.62. The molecule has 4 rings (SSSR count). The molecule has 0 atom stereocenters. The number of aromatic nitrogens is 2. The van der Waals surface area contributed by atoms with Crippen molar-refractivity contribution in [2.24, 2.45) is 5.14 Å². The second-order valence-corrected chi connectivity index (χ2v) is 10.0. The Morgan fingerprint density at radius 1 is 0.941 bits per heavy atom. The lowest BCUT2D eigenvalue weighted by Crippen LogP contribution is -2.15. The molecular weight excluding hydrogens is 468 g/mol. The van der Waals surface area contributed by atoms with Gasteiger partial charge in [-0.2, -0.15) is 0 Å². The summed E-state index contributed by atoms with van der Waals surface area (Å²) in [5, 5.41) is 8.61. The van der Waals surface area contributed by atoms with Gasteiger partial charge in [-0.25, -0.2) is 18.5 Å². The molecule has 34 heavy (non-hydrogen) atoms.